The van der Waals surface area contributed by atoms with E-state index in [-0.39, 0.29) is 17.7 Å². The van der Waals surface area contributed by atoms with Gasteiger partial charge in [0.25, 0.3) is 0 Å². The third-order valence-corrected chi connectivity index (χ3v) is 3.96. The van der Waals surface area contributed by atoms with Gasteiger partial charge >= 0.3 is 5.97 Å². The number of carbonyl (C=O) groups excluding carboxylic acids is 1. The summed E-state index contributed by atoms with van der Waals surface area (Å²) >= 11 is 0. The molecule has 1 amide bonds. The van der Waals surface area contributed by atoms with Crippen molar-refractivity contribution >= 4 is 11.9 Å². The third kappa shape index (κ3) is 3.22. The van der Waals surface area contributed by atoms with Gasteiger partial charge in [-0.25, -0.2) is 0 Å². The molecule has 0 unspecified atom stereocenters. The molecule has 0 aromatic rings. The fourth-order valence-electron chi connectivity index (χ4n) is 2.81. The Morgan fingerprint density at radius 3 is 2.33 bits per heavy atom. The summed E-state index contributed by atoms with van der Waals surface area (Å²) in [6.07, 6.45) is 3.60. The van der Waals surface area contributed by atoms with Crippen molar-refractivity contribution in [3.05, 3.63) is 0 Å². The van der Waals surface area contributed by atoms with Gasteiger partial charge in [-0.1, -0.05) is 0 Å². The molecule has 1 N–H and O–H groups in total. The van der Waals surface area contributed by atoms with Crippen LogP contribution in [0.5, 0.6) is 0 Å². The Hall–Kier alpha value is -1.10. The number of rotatable bonds is 2. The summed E-state index contributed by atoms with van der Waals surface area (Å²) in [6.45, 7) is 2.81. The zero-order valence-electron chi connectivity index (χ0n) is 10.6. The van der Waals surface area contributed by atoms with Crippen LogP contribution in [0.1, 0.15) is 32.1 Å². The van der Waals surface area contributed by atoms with Crippen LogP contribution < -0.4 is 0 Å². The first kappa shape index (κ1) is 13.3. The number of ether oxygens (including phenoxy) is 1. The second-order valence-electron chi connectivity index (χ2n) is 5.18. The molecule has 2 fully saturated rings. The molecule has 0 bridgehead atoms. The second-order valence-corrected chi connectivity index (χ2v) is 5.18. The van der Waals surface area contributed by atoms with Crippen molar-refractivity contribution in [1.29, 1.82) is 0 Å². The van der Waals surface area contributed by atoms with Crippen LogP contribution in [0.25, 0.3) is 0 Å². The fraction of sp³-hybridized carbons (Fsp3) is 0.846. The summed E-state index contributed by atoms with van der Waals surface area (Å²) in [6, 6.07) is 0. The van der Waals surface area contributed by atoms with Crippen molar-refractivity contribution in [1.82, 2.24) is 4.90 Å². The predicted octanol–water partition coefficient (Wildman–Crippen LogP) is 1.13. The molecule has 2 aliphatic rings. The average Bonchev–Trinajstić information content (AvgIpc) is 2.67. The lowest BCUT2D eigenvalue weighted by molar-refractivity contribution is -0.145. The van der Waals surface area contributed by atoms with Crippen LogP contribution in [0, 0.1) is 11.8 Å². The molecule has 1 heterocycles. The lowest BCUT2D eigenvalue weighted by atomic mass is 9.81. The third-order valence-electron chi connectivity index (χ3n) is 3.96. The van der Waals surface area contributed by atoms with Crippen molar-refractivity contribution in [3.8, 4) is 0 Å². The van der Waals surface area contributed by atoms with Crippen LogP contribution in [-0.4, -0.2) is 48.2 Å². The zero-order valence-corrected chi connectivity index (χ0v) is 10.6. The van der Waals surface area contributed by atoms with Gasteiger partial charge in [0.2, 0.25) is 5.91 Å². The largest absolute Gasteiger partial charge is 0.481 e. The van der Waals surface area contributed by atoms with Gasteiger partial charge in [0.05, 0.1) is 12.5 Å². The van der Waals surface area contributed by atoms with E-state index in [1.54, 1.807) is 0 Å². The maximum Gasteiger partial charge on any atom is 0.306 e. The normalized spacial score (nSPS) is 29.7. The van der Waals surface area contributed by atoms with Crippen LogP contribution in [0.2, 0.25) is 0 Å². The molecule has 18 heavy (non-hydrogen) atoms. The molecular formula is C13H21NO4. The van der Waals surface area contributed by atoms with E-state index in [2.05, 4.69) is 0 Å². The van der Waals surface area contributed by atoms with Gasteiger partial charge in [0, 0.05) is 25.6 Å². The number of amides is 1. The number of nitrogens with zero attached hydrogens (tertiary/aromatic N) is 1. The first-order chi connectivity index (χ1) is 8.68. The van der Waals surface area contributed by atoms with Crippen LogP contribution in [0.3, 0.4) is 0 Å². The van der Waals surface area contributed by atoms with Gasteiger partial charge in [-0.15, -0.1) is 0 Å². The Morgan fingerprint density at radius 2 is 1.67 bits per heavy atom. The van der Waals surface area contributed by atoms with E-state index in [4.69, 9.17) is 9.84 Å². The molecule has 1 aliphatic heterocycles. The summed E-state index contributed by atoms with van der Waals surface area (Å²) in [5, 5.41) is 8.94. The van der Waals surface area contributed by atoms with E-state index in [0.717, 1.165) is 19.6 Å². The van der Waals surface area contributed by atoms with E-state index in [1.165, 1.54) is 0 Å². The number of carbonyl (C=O) groups is 2. The molecule has 2 rings (SSSR count). The highest BCUT2D eigenvalue weighted by Crippen LogP contribution is 2.30. The van der Waals surface area contributed by atoms with Gasteiger partial charge in [0.15, 0.2) is 0 Å². The Bertz CT molecular complexity index is 302. The van der Waals surface area contributed by atoms with Crippen molar-refractivity contribution in [2.45, 2.75) is 32.1 Å². The minimum Gasteiger partial charge on any atom is -0.481 e. The monoisotopic (exact) mass is 255 g/mol. The molecule has 0 radical (unpaired) electrons. The van der Waals surface area contributed by atoms with Gasteiger partial charge in [-0.3, -0.25) is 9.59 Å². The van der Waals surface area contributed by atoms with Crippen molar-refractivity contribution in [3.63, 3.8) is 0 Å². The van der Waals surface area contributed by atoms with Crippen LogP contribution >= 0.6 is 0 Å². The second kappa shape index (κ2) is 6.18. The van der Waals surface area contributed by atoms with E-state index >= 15 is 0 Å². The van der Waals surface area contributed by atoms with Gasteiger partial charge in [0.1, 0.15) is 0 Å². The maximum absolute atomic E-state index is 12.3. The number of hydrogen-bond acceptors (Lipinski definition) is 3. The van der Waals surface area contributed by atoms with Gasteiger partial charge in [-0.2, -0.15) is 0 Å². The van der Waals surface area contributed by atoms with Crippen LogP contribution in [0.4, 0.5) is 0 Å². The fourth-order valence-corrected chi connectivity index (χ4v) is 2.81. The molecule has 1 saturated carbocycles. The standard InChI is InChI=1S/C13H21NO4/c15-12(14-6-1-8-18-9-7-14)10-2-4-11(5-3-10)13(16)17/h10-11H,1-9H2,(H,16,17). The Balaban J connectivity index is 1.84. The molecule has 102 valence electrons. The summed E-state index contributed by atoms with van der Waals surface area (Å²) in [5.74, 6) is -0.742. The van der Waals surface area contributed by atoms with E-state index in [1.807, 2.05) is 4.90 Å². The Kier molecular flexibility index (Phi) is 4.58. The van der Waals surface area contributed by atoms with Crippen LogP contribution in [-0.2, 0) is 14.3 Å². The number of hydrogen-bond donors (Lipinski definition) is 1. The van der Waals surface area contributed by atoms with Crippen molar-refractivity contribution in [2.75, 3.05) is 26.3 Å². The molecule has 5 heteroatoms. The van der Waals surface area contributed by atoms with Crippen molar-refractivity contribution < 1.29 is 19.4 Å². The summed E-state index contributed by atoms with van der Waals surface area (Å²) in [5.41, 5.74) is 0. The predicted molar refractivity (Wildman–Crippen MR) is 65.1 cm³/mol. The highest BCUT2D eigenvalue weighted by atomic mass is 16.5. The average molecular weight is 255 g/mol. The molecule has 5 nitrogen and oxygen atoms in total. The lowest BCUT2D eigenvalue weighted by Crippen LogP contribution is -2.39. The number of aliphatic carboxylic acids is 1. The molecule has 1 saturated heterocycles. The minimum atomic E-state index is -0.718. The van der Waals surface area contributed by atoms with Crippen molar-refractivity contribution in [2.24, 2.45) is 11.8 Å². The van der Waals surface area contributed by atoms with E-state index in [9.17, 15) is 9.59 Å². The van der Waals surface area contributed by atoms with E-state index < -0.39 is 5.97 Å². The highest BCUT2D eigenvalue weighted by Gasteiger charge is 2.32. The van der Waals surface area contributed by atoms with Gasteiger partial charge in [-0.05, 0) is 32.1 Å². The quantitative estimate of drug-likeness (QED) is 0.803. The Morgan fingerprint density at radius 1 is 1.00 bits per heavy atom. The summed E-state index contributed by atoms with van der Waals surface area (Å²) in [7, 11) is 0. The maximum atomic E-state index is 12.3. The minimum absolute atomic E-state index is 0.0266. The SMILES string of the molecule is O=C(O)C1CCC(C(=O)N2CCCOCC2)CC1. The first-order valence-electron chi connectivity index (χ1n) is 6.78. The van der Waals surface area contributed by atoms with Crippen LogP contribution in [0.15, 0.2) is 0 Å². The summed E-state index contributed by atoms with van der Waals surface area (Å²) < 4.78 is 5.34. The first-order valence-corrected chi connectivity index (χ1v) is 6.78. The molecule has 0 spiro atoms. The molecule has 1 aliphatic carbocycles. The highest BCUT2D eigenvalue weighted by molar-refractivity contribution is 5.79. The smallest absolute Gasteiger partial charge is 0.306 e. The Labute approximate surface area is 107 Å². The number of carboxylic acid groups (broad SMARTS) is 1. The molecule has 0 aromatic heterocycles. The topological polar surface area (TPSA) is 66.8 Å². The molecule has 0 atom stereocenters. The number of carboxylic acids is 1. The molecular weight excluding hydrogens is 234 g/mol. The molecule has 0 aromatic carbocycles. The summed E-state index contributed by atoms with van der Waals surface area (Å²) in [4.78, 5) is 25.1. The zero-order chi connectivity index (χ0) is 13.0. The van der Waals surface area contributed by atoms with Gasteiger partial charge < -0.3 is 14.7 Å². The van der Waals surface area contributed by atoms with E-state index in [0.29, 0.717) is 38.8 Å². The lowest BCUT2D eigenvalue weighted by Gasteiger charge is -2.30.